The zero-order valence-corrected chi connectivity index (χ0v) is 7.95. The number of aromatic carboxylic acids is 1. The maximum absolute atomic E-state index is 10.7. The van der Waals surface area contributed by atoms with Gasteiger partial charge in [-0.3, -0.25) is 0 Å². The van der Waals surface area contributed by atoms with Crippen LogP contribution in [0.15, 0.2) is 23.1 Å². The van der Waals surface area contributed by atoms with E-state index in [2.05, 4.69) is 12.6 Å². The van der Waals surface area contributed by atoms with Crippen molar-refractivity contribution in [1.29, 1.82) is 0 Å². The Kier molecular flexibility index (Phi) is 2.95. The molecule has 1 aromatic rings. The molecule has 0 saturated carbocycles. The summed E-state index contributed by atoms with van der Waals surface area (Å²) >= 11 is 4.06. The van der Waals surface area contributed by atoms with E-state index in [0.29, 0.717) is 10.5 Å². The largest absolute Gasteiger partial charge is 0.478 e. The number of carboxylic acid groups (broad SMARTS) is 1. The Morgan fingerprint density at radius 1 is 1.54 bits per heavy atom. The van der Waals surface area contributed by atoms with Gasteiger partial charge in [-0.1, -0.05) is 0 Å². The van der Waals surface area contributed by atoms with Gasteiger partial charge in [-0.05, 0) is 30.7 Å². The number of aliphatic hydroxyl groups excluding tert-OH is 1. The van der Waals surface area contributed by atoms with E-state index >= 15 is 0 Å². The minimum absolute atomic E-state index is 0.118. The zero-order valence-electron chi connectivity index (χ0n) is 7.06. The highest BCUT2D eigenvalue weighted by atomic mass is 32.1. The molecule has 0 spiro atoms. The highest BCUT2D eigenvalue weighted by molar-refractivity contribution is 7.80. The Labute approximate surface area is 81.4 Å². The average Bonchev–Trinajstić information content (AvgIpc) is 2.03. The smallest absolute Gasteiger partial charge is 0.336 e. The molecule has 3 nitrogen and oxygen atoms in total. The summed E-state index contributed by atoms with van der Waals surface area (Å²) in [6.07, 6.45) is -0.793. The Morgan fingerprint density at radius 3 is 2.62 bits per heavy atom. The fourth-order valence-corrected chi connectivity index (χ4v) is 1.30. The van der Waals surface area contributed by atoms with E-state index < -0.39 is 12.1 Å². The summed E-state index contributed by atoms with van der Waals surface area (Å²) in [5.41, 5.74) is 0.507. The van der Waals surface area contributed by atoms with Crippen LogP contribution >= 0.6 is 12.6 Å². The average molecular weight is 198 g/mol. The van der Waals surface area contributed by atoms with Crippen LogP contribution in [0.3, 0.4) is 0 Å². The highest BCUT2D eigenvalue weighted by Gasteiger charge is 2.13. The van der Waals surface area contributed by atoms with Gasteiger partial charge in [0.05, 0.1) is 11.7 Å². The van der Waals surface area contributed by atoms with Gasteiger partial charge in [-0.25, -0.2) is 4.79 Å². The molecule has 2 N–H and O–H groups in total. The van der Waals surface area contributed by atoms with E-state index in [1.54, 1.807) is 12.1 Å². The summed E-state index contributed by atoms with van der Waals surface area (Å²) in [6, 6.07) is 4.57. The number of benzene rings is 1. The Hall–Kier alpha value is -1.00. The fraction of sp³-hybridized carbons (Fsp3) is 0.222. The lowest BCUT2D eigenvalue weighted by Gasteiger charge is -2.08. The van der Waals surface area contributed by atoms with E-state index in [-0.39, 0.29) is 5.56 Å². The van der Waals surface area contributed by atoms with Gasteiger partial charge in [0.1, 0.15) is 0 Å². The summed E-state index contributed by atoms with van der Waals surface area (Å²) in [5, 5.41) is 18.0. The molecular weight excluding hydrogens is 188 g/mol. The minimum Gasteiger partial charge on any atom is -0.478 e. The standard InChI is InChI=1S/C9H10O3S/c1-5(10)8-4-6(13)2-3-7(8)9(11)12/h2-5,10,13H,1H3,(H,11,12). The SMILES string of the molecule is CC(O)c1cc(S)ccc1C(=O)O. The van der Waals surface area contributed by atoms with Crippen LogP contribution < -0.4 is 0 Å². The van der Waals surface area contributed by atoms with Crippen molar-refractivity contribution in [2.24, 2.45) is 0 Å². The van der Waals surface area contributed by atoms with Gasteiger partial charge in [-0.15, -0.1) is 12.6 Å². The second-order valence-corrected chi connectivity index (χ2v) is 3.27. The first kappa shape index (κ1) is 10.1. The van der Waals surface area contributed by atoms with Gasteiger partial charge in [-0.2, -0.15) is 0 Å². The second-order valence-electron chi connectivity index (χ2n) is 2.75. The summed E-state index contributed by atoms with van der Waals surface area (Å²) < 4.78 is 0. The van der Waals surface area contributed by atoms with Crippen LogP contribution in [0.4, 0.5) is 0 Å². The van der Waals surface area contributed by atoms with Crippen LogP contribution in [0.2, 0.25) is 0 Å². The molecule has 0 bridgehead atoms. The summed E-state index contributed by atoms with van der Waals surface area (Å²) in [5.74, 6) is -1.04. The molecule has 0 radical (unpaired) electrons. The molecule has 1 aromatic carbocycles. The number of rotatable bonds is 2. The zero-order chi connectivity index (χ0) is 10.0. The Morgan fingerprint density at radius 2 is 2.15 bits per heavy atom. The number of carboxylic acids is 1. The van der Waals surface area contributed by atoms with Crippen molar-refractivity contribution in [1.82, 2.24) is 0 Å². The van der Waals surface area contributed by atoms with Crippen LogP contribution in [-0.2, 0) is 0 Å². The first-order valence-electron chi connectivity index (χ1n) is 3.76. The molecule has 0 aliphatic heterocycles. The maximum Gasteiger partial charge on any atom is 0.336 e. The summed E-state index contributed by atoms with van der Waals surface area (Å²) in [6.45, 7) is 1.52. The first-order valence-corrected chi connectivity index (χ1v) is 4.21. The minimum atomic E-state index is -1.04. The van der Waals surface area contributed by atoms with E-state index in [9.17, 15) is 9.90 Å². The number of hydrogen-bond donors (Lipinski definition) is 3. The molecule has 70 valence electrons. The van der Waals surface area contributed by atoms with Crippen molar-refractivity contribution < 1.29 is 15.0 Å². The molecule has 0 amide bonds. The molecular formula is C9H10O3S. The molecule has 0 fully saturated rings. The molecule has 1 rings (SSSR count). The third-order valence-corrected chi connectivity index (χ3v) is 1.99. The predicted molar refractivity (Wildman–Crippen MR) is 51.3 cm³/mol. The van der Waals surface area contributed by atoms with E-state index in [1.807, 2.05) is 0 Å². The third kappa shape index (κ3) is 2.23. The molecule has 0 aromatic heterocycles. The van der Waals surface area contributed by atoms with E-state index in [4.69, 9.17) is 5.11 Å². The predicted octanol–water partition coefficient (Wildman–Crippen LogP) is 1.73. The molecule has 1 unspecified atom stereocenters. The second kappa shape index (κ2) is 3.81. The van der Waals surface area contributed by atoms with Gasteiger partial charge >= 0.3 is 5.97 Å². The first-order chi connectivity index (χ1) is 6.02. The van der Waals surface area contributed by atoms with Crippen molar-refractivity contribution in [3.8, 4) is 0 Å². The lowest BCUT2D eigenvalue weighted by Crippen LogP contribution is -2.04. The summed E-state index contributed by atoms with van der Waals surface area (Å²) in [7, 11) is 0. The van der Waals surface area contributed by atoms with Crippen molar-refractivity contribution in [3.63, 3.8) is 0 Å². The van der Waals surface area contributed by atoms with Gasteiger partial charge in [0.25, 0.3) is 0 Å². The highest BCUT2D eigenvalue weighted by Crippen LogP contribution is 2.21. The van der Waals surface area contributed by atoms with Gasteiger partial charge in [0.2, 0.25) is 0 Å². The van der Waals surface area contributed by atoms with E-state index in [1.165, 1.54) is 13.0 Å². The number of carbonyl (C=O) groups is 1. The monoisotopic (exact) mass is 198 g/mol. The molecule has 1 atom stereocenters. The molecule has 4 heteroatoms. The van der Waals surface area contributed by atoms with Crippen LogP contribution in [0.1, 0.15) is 28.9 Å². The van der Waals surface area contributed by atoms with Crippen LogP contribution in [0, 0.1) is 0 Å². The van der Waals surface area contributed by atoms with Crippen molar-refractivity contribution in [3.05, 3.63) is 29.3 Å². The van der Waals surface area contributed by atoms with Crippen molar-refractivity contribution in [2.75, 3.05) is 0 Å². The van der Waals surface area contributed by atoms with Gasteiger partial charge in [0, 0.05) is 4.90 Å². The molecule has 0 heterocycles. The molecule has 13 heavy (non-hydrogen) atoms. The number of thiol groups is 1. The summed E-state index contributed by atoms with van der Waals surface area (Å²) in [4.78, 5) is 11.3. The molecule has 0 aliphatic carbocycles. The normalized spacial score (nSPS) is 12.5. The quantitative estimate of drug-likeness (QED) is 0.634. The maximum atomic E-state index is 10.7. The van der Waals surface area contributed by atoms with Gasteiger partial charge in [0.15, 0.2) is 0 Å². The van der Waals surface area contributed by atoms with Crippen LogP contribution in [0.5, 0.6) is 0 Å². The van der Waals surface area contributed by atoms with Crippen LogP contribution in [-0.4, -0.2) is 16.2 Å². The Bertz CT molecular complexity index is 334. The van der Waals surface area contributed by atoms with E-state index in [0.717, 1.165) is 0 Å². The fourth-order valence-electron chi connectivity index (χ4n) is 1.09. The number of hydrogen-bond acceptors (Lipinski definition) is 3. The molecule has 0 saturated heterocycles. The molecule has 0 aliphatic rings. The lowest BCUT2D eigenvalue weighted by atomic mass is 10.0. The van der Waals surface area contributed by atoms with Gasteiger partial charge < -0.3 is 10.2 Å². The van der Waals surface area contributed by atoms with Crippen molar-refractivity contribution >= 4 is 18.6 Å². The number of aliphatic hydroxyl groups is 1. The van der Waals surface area contributed by atoms with Crippen LogP contribution in [0.25, 0.3) is 0 Å². The lowest BCUT2D eigenvalue weighted by molar-refractivity contribution is 0.0690. The topological polar surface area (TPSA) is 57.5 Å². The van der Waals surface area contributed by atoms with Crippen molar-refractivity contribution in [2.45, 2.75) is 17.9 Å². The Balaban J connectivity index is 3.26. The third-order valence-electron chi connectivity index (χ3n) is 1.72.